The van der Waals surface area contributed by atoms with Gasteiger partial charge in [-0.05, 0) is 6.92 Å². The Morgan fingerprint density at radius 2 is 1.89 bits per heavy atom. The van der Waals surface area contributed by atoms with Crippen LogP contribution in [0.5, 0.6) is 0 Å². The number of carbonyl (C=O) groups excluding carboxylic acids is 1. The van der Waals surface area contributed by atoms with Gasteiger partial charge in [-0.3, -0.25) is 15.0 Å². The molecule has 0 spiro atoms. The van der Waals surface area contributed by atoms with Crippen LogP contribution in [0.4, 0.5) is 4.79 Å². The van der Waals surface area contributed by atoms with Gasteiger partial charge in [0, 0.05) is 44.9 Å². The van der Waals surface area contributed by atoms with Crippen LogP contribution in [0.25, 0.3) is 0 Å². The van der Waals surface area contributed by atoms with E-state index in [9.17, 15) is 14.9 Å². The number of piperazine rings is 1. The minimum atomic E-state index is -0.952. The molecule has 7 nitrogen and oxygen atoms in total. The van der Waals surface area contributed by atoms with Crippen LogP contribution in [0.1, 0.15) is 20.8 Å². The summed E-state index contributed by atoms with van der Waals surface area (Å²) in [7, 11) is 0. The van der Waals surface area contributed by atoms with Crippen LogP contribution in [-0.2, 0) is 4.74 Å². The van der Waals surface area contributed by atoms with E-state index in [-0.39, 0.29) is 11.0 Å². The molecule has 1 amide bonds. The van der Waals surface area contributed by atoms with Crippen molar-refractivity contribution in [3.8, 4) is 0 Å². The molecular formula is C11H21N3O4. The van der Waals surface area contributed by atoms with Gasteiger partial charge >= 0.3 is 6.09 Å². The minimum absolute atomic E-state index is 0.259. The van der Waals surface area contributed by atoms with Crippen molar-refractivity contribution in [1.82, 2.24) is 9.80 Å². The molecule has 7 heteroatoms. The Balaban J connectivity index is 2.40. The van der Waals surface area contributed by atoms with Crippen molar-refractivity contribution < 1.29 is 14.5 Å². The van der Waals surface area contributed by atoms with Gasteiger partial charge in [-0.25, -0.2) is 4.79 Å². The number of hydrogen-bond donors (Lipinski definition) is 0. The summed E-state index contributed by atoms with van der Waals surface area (Å²) in [5.74, 6) is 0. The molecule has 18 heavy (non-hydrogen) atoms. The highest BCUT2D eigenvalue weighted by Gasteiger charge is 2.34. The Morgan fingerprint density at radius 1 is 1.33 bits per heavy atom. The van der Waals surface area contributed by atoms with Gasteiger partial charge in [0.05, 0.1) is 13.2 Å². The first-order chi connectivity index (χ1) is 8.36. The van der Waals surface area contributed by atoms with Gasteiger partial charge in [0.25, 0.3) is 0 Å². The maximum atomic E-state index is 11.5. The number of nitro groups is 1. The Morgan fingerprint density at radius 3 is 2.33 bits per heavy atom. The molecule has 1 saturated heterocycles. The Kier molecular flexibility index (Phi) is 4.89. The largest absolute Gasteiger partial charge is 0.450 e. The topological polar surface area (TPSA) is 75.9 Å². The summed E-state index contributed by atoms with van der Waals surface area (Å²) in [6.07, 6.45) is -0.300. The first-order valence-electron chi connectivity index (χ1n) is 6.15. The zero-order valence-corrected chi connectivity index (χ0v) is 11.2. The standard InChI is InChI=1S/C11H21N3O4/c1-4-18-10(15)13-7-5-12(6-8-13)9-11(2,3)14(16)17/h4-9H2,1-3H3. The lowest BCUT2D eigenvalue weighted by molar-refractivity contribution is -0.561. The van der Waals surface area contributed by atoms with E-state index in [0.717, 1.165) is 0 Å². The number of ether oxygens (including phenoxy) is 1. The van der Waals surface area contributed by atoms with Crippen LogP contribution in [0, 0.1) is 10.1 Å². The highest BCUT2D eigenvalue weighted by molar-refractivity contribution is 5.67. The van der Waals surface area contributed by atoms with E-state index in [1.165, 1.54) is 0 Å². The molecule has 0 aromatic carbocycles. The summed E-state index contributed by atoms with van der Waals surface area (Å²) in [5, 5.41) is 10.8. The third kappa shape index (κ3) is 3.83. The van der Waals surface area contributed by atoms with Gasteiger partial charge < -0.3 is 9.64 Å². The van der Waals surface area contributed by atoms with Crippen LogP contribution < -0.4 is 0 Å². The Labute approximate surface area is 107 Å². The van der Waals surface area contributed by atoms with Crippen LogP contribution in [0.2, 0.25) is 0 Å². The molecule has 0 saturated carbocycles. The molecule has 0 aromatic rings. The molecule has 1 fully saturated rings. The lowest BCUT2D eigenvalue weighted by Crippen LogP contribution is -2.53. The molecule has 0 unspecified atom stereocenters. The van der Waals surface area contributed by atoms with E-state index >= 15 is 0 Å². The SMILES string of the molecule is CCOC(=O)N1CCN(CC(C)(C)[N+](=O)[O-])CC1. The Hall–Kier alpha value is -1.37. The number of hydrogen-bond acceptors (Lipinski definition) is 5. The van der Waals surface area contributed by atoms with Crippen LogP contribution in [-0.4, -0.2) is 65.7 Å². The van der Waals surface area contributed by atoms with E-state index in [1.807, 2.05) is 4.90 Å². The highest BCUT2D eigenvalue weighted by atomic mass is 16.6. The average Bonchev–Trinajstić information content (AvgIpc) is 2.29. The highest BCUT2D eigenvalue weighted by Crippen LogP contribution is 2.12. The van der Waals surface area contributed by atoms with Gasteiger partial charge in [0.15, 0.2) is 0 Å². The van der Waals surface area contributed by atoms with Gasteiger partial charge in [0.1, 0.15) is 0 Å². The molecule has 104 valence electrons. The smallest absolute Gasteiger partial charge is 0.409 e. The molecule has 1 rings (SSSR count). The molecule has 0 N–H and O–H groups in total. The molecule has 0 aliphatic carbocycles. The molecule has 0 aromatic heterocycles. The van der Waals surface area contributed by atoms with Gasteiger partial charge in [-0.2, -0.15) is 0 Å². The molecule has 1 heterocycles. The van der Waals surface area contributed by atoms with Crippen LogP contribution in [0.3, 0.4) is 0 Å². The van der Waals surface area contributed by atoms with Crippen molar-refractivity contribution in [2.75, 3.05) is 39.3 Å². The van der Waals surface area contributed by atoms with Gasteiger partial charge in [0.2, 0.25) is 5.54 Å². The number of nitrogens with zero attached hydrogens (tertiary/aromatic N) is 3. The second kappa shape index (κ2) is 5.99. The Bertz CT molecular complexity index is 311. The van der Waals surface area contributed by atoms with Crippen LogP contribution >= 0.6 is 0 Å². The monoisotopic (exact) mass is 259 g/mol. The van der Waals surface area contributed by atoms with E-state index in [4.69, 9.17) is 4.74 Å². The first-order valence-corrected chi connectivity index (χ1v) is 6.15. The number of amides is 1. The normalized spacial score (nSPS) is 17.6. The summed E-state index contributed by atoms with van der Waals surface area (Å²) in [6.45, 7) is 8.19. The molecule has 1 aliphatic rings. The summed E-state index contributed by atoms with van der Waals surface area (Å²) in [4.78, 5) is 25.7. The lowest BCUT2D eigenvalue weighted by Gasteiger charge is -2.35. The molecule has 1 aliphatic heterocycles. The van der Waals surface area contributed by atoms with Crippen molar-refractivity contribution in [1.29, 1.82) is 0 Å². The maximum absolute atomic E-state index is 11.5. The quantitative estimate of drug-likeness (QED) is 0.551. The summed E-state index contributed by atoms with van der Waals surface area (Å²) in [6, 6.07) is 0. The molecular weight excluding hydrogens is 238 g/mol. The fraction of sp³-hybridized carbons (Fsp3) is 0.909. The lowest BCUT2D eigenvalue weighted by atomic mass is 10.1. The number of carbonyl (C=O) groups is 1. The van der Waals surface area contributed by atoms with Crippen molar-refractivity contribution in [2.45, 2.75) is 26.3 Å². The average molecular weight is 259 g/mol. The van der Waals surface area contributed by atoms with Gasteiger partial charge in [-0.1, -0.05) is 0 Å². The number of rotatable bonds is 4. The second-order valence-electron chi connectivity index (χ2n) is 5.03. The van der Waals surface area contributed by atoms with Crippen molar-refractivity contribution >= 4 is 6.09 Å². The summed E-state index contributed by atoms with van der Waals surface area (Å²) < 4.78 is 4.92. The second-order valence-corrected chi connectivity index (χ2v) is 5.03. The molecule has 0 atom stereocenters. The van der Waals surface area contributed by atoms with Gasteiger partial charge in [-0.15, -0.1) is 0 Å². The van der Waals surface area contributed by atoms with E-state index < -0.39 is 5.54 Å². The predicted octanol–water partition coefficient (Wildman–Crippen LogP) is 0.816. The van der Waals surface area contributed by atoms with Crippen molar-refractivity contribution in [3.05, 3.63) is 10.1 Å². The van der Waals surface area contributed by atoms with E-state index in [0.29, 0.717) is 39.3 Å². The first kappa shape index (κ1) is 14.7. The van der Waals surface area contributed by atoms with E-state index in [2.05, 4.69) is 0 Å². The molecule has 0 radical (unpaired) electrons. The zero-order valence-electron chi connectivity index (χ0n) is 11.2. The molecule has 0 bridgehead atoms. The fourth-order valence-corrected chi connectivity index (χ4v) is 1.91. The van der Waals surface area contributed by atoms with Crippen molar-refractivity contribution in [3.63, 3.8) is 0 Å². The predicted molar refractivity (Wildman–Crippen MR) is 66.1 cm³/mol. The van der Waals surface area contributed by atoms with E-state index in [1.54, 1.807) is 25.7 Å². The summed E-state index contributed by atoms with van der Waals surface area (Å²) >= 11 is 0. The minimum Gasteiger partial charge on any atom is -0.450 e. The summed E-state index contributed by atoms with van der Waals surface area (Å²) in [5.41, 5.74) is -0.952. The fourth-order valence-electron chi connectivity index (χ4n) is 1.91. The maximum Gasteiger partial charge on any atom is 0.409 e. The third-order valence-corrected chi connectivity index (χ3v) is 3.00. The third-order valence-electron chi connectivity index (χ3n) is 3.00. The zero-order chi connectivity index (χ0) is 13.8. The van der Waals surface area contributed by atoms with Crippen molar-refractivity contribution in [2.24, 2.45) is 0 Å². The van der Waals surface area contributed by atoms with Crippen LogP contribution in [0.15, 0.2) is 0 Å².